The number of benzene rings is 2. The first-order chi connectivity index (χ1) is 14.8. The number of aliphatic hydroxyl groups excluding tert-OH is 3. The standard InChI is InChI=1S/C25H34O5S/c1-16-10-11-19(25-24(30)23(29)21(26)15-31(25)2)14-20(16)13-18-8-5-7-17(12-18)6-3-4-9-22(27)28/h5,7-8,10-12,14,21,23-26,29-31H,3-4,6,9,13,15H2,1-2H3,(H,27,28)/t21-,23-,24-,25+/m1/s1. The molecule has 4 N–H and O–H groups in total. The number of carboxylic acids is 1. The first-order valence-electron chi connectivity index (χ1n) is 10.9. The Labute approximate surface area is 187 Å². The predicted molar refractivity (Wildman–Crippen MR) is 126 cm³/mol. The van der Waals surface area contributed by atoms with Crippen molar-refractivity contribution in [2.75, 3.05) is 12.0 Å². The molecule has 2 aromatic rings. The molecule has 0 aromatic heterocycles. The summed E-state index contributed by atoms with van der Waals surface area (Å²) in [5, 5.41) is 39.4. The van der Waals surface area contributed by atoms with Gasteiger partial charge in [-0.05, 0) is 66.7 Å². The van der Waals surface area contributed by atoms with E-state index in [1.807, 2.05) is 6.07 Å². The van der Waals surface area contributed by atoms with Crippen LogP contribution in [0.3, 0.4) is 0 Å². The second kappa shape index (κ2) is 10.6. The Balaban J connectivity index is 1.74. The summed E-state index contributed by atoms with van der Waals surface area (Å²) in [6, 6.07) is 14.7. The molecule has 1 unspecified atom stereocenters. The minimum Gasteiger partial charge on any atom is -0.481 e. The van der Waals surface area contributed by atoms with E-state index in [2.05, 4.69) is 49.6 Å². The van der Waals surface area contributed by atoms with Gasteiger partial charge < -0.3 is 20.4 Å². The van der Waals surface area contributed by atoms with Gasteiger partial charge in [-0.25, -0.2) is 10.9 Å². The van der Waals surface area contributed by atoms with Crippen LogP contribution in [-0.2, 0) is 17.6 Å². The lowest BCUT2D eigenvalue weighted by molar-refractivity contribution is -0.137. The van der Waals surface area contributed by atoms with E-state index in [4.69, 9.17) is 5.11 Å². The Hall–Kier alpha value is -1.86. The Kier molecular flexibility index (Phi) is 8.17. The molecule has 1 aliphatic rings. The van der Waals surface area contributed by atoms with Crippen LogP contribution < -0.4 is 0 Å². The average Bonchev–Trinajstić information content (AvgIpc) is 2.72. The van der Waals surface area contributed by atoms with Gasteiger partial charge in [-0.15, -0.1) is 0 Å². The zero-order valence-electron chi connectivity index (χ0n) is 18.2. The number of aryl methyl sites for hydroxylation is 2. The van der Waals surface area contributed by atoms with Crippen LogP contribution in [0.5, 0.6) is 0 Å². The van der Waals surface area contributed by atoms with Crippen molar-refractivity contribution in [1.82, 2.24) is 0 Å². The maximum Gasteiger partial charge on any atom is 0.303 e. The number of aliphatic carboxylic acids is 1. The Morgan fingerprint density at radius 3 is 2.52 bits per heavy atom. The summed E-state index contributed by atoms with van der Waals surface area (Å²) in [4.78, 5) is 10.7. The van der Waals surface area contributed by atoms with Crippen LogP contribution >= 0.6 is 10.9 Å². The maximum absolute atomic E-state index is 10.7. The highest BCUT2D eigenvalue weighted by molar-refractivity contribution is 8.16. The van der Waals surface area contributed by atoms with Gasteiger partial charge in [0.15, 0.2) is 0 Å². The number of aliphatic hydroxyl groups is 3. The van der Waals surface area contributed by atoms with Crippen LogP contribution in [0.15, 0.2) is 42.5 Å². The molecule has 31 heavy (non-hydrogen) atoms. The molecule has 0 aliphatic carbocycles. The summed E-state index contributed by atoms with van der Waals surface area (Å²) in [5.74, 6) is -0.212. The predicted octanol–water partition coefficient (Wildman–Crippen LogP) is 3.15. The van der Waals surface area contributed by atoms with Gasteiger partial charge in [-0.1, -0.05) is 42.5 Å². The zero-order valence-corrected chi connectivity index (χ0v) is 19.1. The lowest BCUT2D eigenvalue weighted by Crippen LogP contribution is -2.47. The summed E-state index contributed by atoms with van der Waals surface area (Å²) < 4.78 is 0. The van der Waals surface area contributed by atoms with Crippen LogP contribution in [-0.4, -0.2) is 56.7 Å². The van der Waals surface area contributed by atoms with E-state index < -0.39 is 35.2 Å². The monoisotopic (exact) mass is 446 g/mol. The highest BCUT2D eigenvalue weighted by Gasteiger charge is 2.40. The third-order valence-corrected chi connectivity index (χ3v) is 8.73. The number of carbonyl (C=O) groups is 1. The summed E-state index contributed by atoms with van der Waals surface area (Å²) in [6.07, 6.45) is 2.56. The van der Waals surface area contributed by atoms with Crippen LogP contribution in [0.2, 0.25) is 0 Å². The molecule has 1 saturated heterocycles. The molecule has 0 bridgehead atoms. The van der Waals surface area contributed by atoms with Gasteiger partial charge in [-0.3, -0.25) is 4.79 Å². The quantitative estimate of drug-likeness (QED) is 0.317. The van der Waals surface area contributed by atoms with Crippen LogP contribution in [0.25, 0.3) is 0 Å². The molecule has 1 fully saturated rings. The molecule has 170 valence electrons. The van der Waals surface area contributed by atoms with E-state index in [9.17, 15) is 20.1 Å². The summed E-state index contributed by atoms with van der Waals surface area (Å²) in [6.45, 7) is 2.08. The van der Waals surface area contributed by atoms with Crippen LogP contribution in [0.4, 0.5) is 0 Å². The van der Waals surface area contributed by atoms with E-state index >= 15 is 0 Å². The largest absolute Gasteiger partial charge is 0.481 e. The van der Waals surface area contributed by atoms with E-state index in [-0.39, 0.29) is 11.7 Å². The lowest BCUT2D eigenvalue weighted by atomic mass is 9.93. The molecule has 1 aliphatic heterocycles. The summed E-state index contributed by atoms with van der Waals surface area (Å²) in [5.41, 5.74) is 5.82. The number of hydrogen-bond acceptors (Lipinski definition) is 4. The molecule has 0 radical (unpaired) electrons. The van der Waals surface area contributed by atoms with Gasteiger partial charge in [0.05, 0.1) is 12.2 Å². The topological polar surface area (TPSA) is 98.0 Å². The first-order valence-corrected chi connectivity index (χ1v) is 12.9. The normalized spacial score (nSPS) is 27.2. The molecular formula is C25H34O5S. The fraction of sp³-hybridized carbons (Fsp3) is 0.480. The van der Waals surface area contributed by atoms with Gasteiger partial charge >= 0.3 is 5.97 Å². The third kappa shape index (κ3) is 6.10. The molecule has 6 heteroatoms. The number of carboxylic acid groups (broad SMARTS) is 1. The molecule has 1 heterocycles. The smallest absolute Gasteiger partial charge is 0.303 e. The van der Waals surface area contributed by atoms with E-state index in [0.717, 1.165) is 24.8 Å². The third-order valence-electron chi connectivity index (χ3n) is 6.22. The van der Waals surface area contributed by atoms with Crippen molar-refractivity contribution < 1.29 is 25.2 Å². The van der Waals surface area contributed by atoms with E-state index in [1.165, 1.54) is 22.3 Å². The van der Waals surface area contributed by atoms with Crippen molar-refractivity contribution in [1.29, 1.82) is 0 Å². The Morgan fingerprint density at radius 2 is 1.77 bits per heavy atom. The number of unbranched alkanes of at least 4 members (excludes halogenated alkanes) is 1. The SMILES string of the molecule is Cc1ccc([C@H]2[C@H](O)[C@H](O)[C@H](O)C[SH]2C)cc1Cc1cccc(CCCCC(=O)O)c1. The molecule has 5 nitrogen and oxygen atoms in total. The minimum atomic E-state index is -1.11. The molecular weight excluding hydrogens is 412 g/mol. The van der Waals surface area contributed by atoms with Gasteiger partial charge in [0.25, 0.3) is 0 Å². The molecule has 5 atom stereocenters. The molecule has 0 saturated carbocycles. The van der Waals surface area contributed by atoms with Gasteiger partial charge in [0, 0.05) is 17.4 Å². The van der Waals surface area contributed by atoms with Gasteiger partial charge in [0.1, 0.15) is 6.10 Å². The van der Waals surface area contributed by atoms with E-state index in [1.54, 1.807) is 0 Å². The second-order valence-corrected chi connectivity index (χ2v) is 11.2. The second-order valence-electron chi connectivity index (χ2n) is 8.72. The molecule has 3 rings (SSSR count). The van der Waals surface area contributed by atoms with Crippen molar-refractivity contribution in [2.45, 2.75) is 62.6 Å². The number of rotatable bonds is 8. The van der Waals surface area contributed by atoms with E-state index in [0.29, 0.717) is 12.2 Å². The summed E-state index contributed by atoms with van der Waals surface area (Å²) in [7, 11) is -0.638. The zero-order chi connectivity index (χ0) is 22.5. The highest BCUT2D eigenvalue weighted by atomic mass is 32.2. The maximum atomic E-state index is 10.7. The van der Waals surface area contributed by atoms with Gasteiger partial charge in [0.2, 0.25) is 0 Å². The van der Waals surface area contributed by atoms with Crippen molar-refractivity contribution in [3.05, 3.63) is 70.3 Å². The van der Waals surface area contributed by atoms with Crippen molar-refractivity contribution >= 4 is 16.9 Å². The van der Waals surface area contributed by atoms with Crippen LogP contribution in [0, 0.1) is 6.92 Å². The Bertz CT molecular complexity index is 899. The Morgan fingerprint density at radius 1 is 1.03 bits per heavy atom. The lowest BCUT2D eigenvalue weighted by Gasteiger charge is -2.42. The molecule has 0 spiro atoms. The molecule has 2 aromatic carbocycles. The van der Waals surface area contributed by atoms with Crippen molar-refractivity contribution in [3.8, 4) is 0 Å². The fourth-order valence-corrected chi connectivity index (χ4v) is 6.83. The first kappa shape index (κ1) is 23.8. The van der Waals surface area contributed by atoms with Crippen molar-refractivity contribution in [2.24, 2.45) is 0 Å². The van der Waals surface area contributed by atoms with Crippen molar-refractivity contribution in [3.63, 3.8) is 0 Å². The fourth-order valence-electron chi connectivity index (χ4n) is 4.43. The number of thiol groups is 1. The summed E-state index contributed by atoms with van der Waals surface area (Å²) >= 11 is 0. The average molecular weight is 447 g/mol. The molecule has 0 amide bonds. The highest BCUT2D eigenvalue weighted by Crippen LogP contribution is 2.48. The minimum absolute atomic E-state index is 0.145. The van der Waals surface area contributed by atoms with Crippen LogP contribution in [0.1, 0.15) is 52.3 Å². The van der Waals surface area contributed by atoms with Gasteiger partial charge in [-0.2, -0.15) is 0 Å². The number of hydrogen-bond donors (Lipinski definition) is 5.